The lowest BCUT2D eigenvalue weighted by atomic mass is 9.86. The van der Waals surface area contributed by atoms with E-state index >= 15 is 0 Å². The zero-order chi connectivity index (χ0) is 13.5. The average Bonchev–Trinajstić information content (AvgIpc) is 2.43. The summed E-state index contributed by atoms with van der Waals surface area (Å²) in [5.41, 5.74) is 0. The lowest BCUT2D eigenvalue weighted by molar-refractivity contribution is 0.136. The molecule has 2 heteroatoms. The number of nitrogens with one attached hydrogen (secondary N) is 1. The summed E-state index contributed by atoms with van der Waals surface area (Å²) >= 11 is 0. The van der Waals surface area contributed by atoms with Gasteiger partial charge in [-0.25, -0.2) is 0 Å². The van der Waals surface area contributed by atoms with Crippen molar-refractivity contribution in [3.05, 3.63) is 0 Å². The Labute approximate surface area is 120 Å². The molecule has 0 spiro atoms. The van der Waals surface area contributed by atoms with Gasteiger partial charge in [-0.1, -0.05) is 39.5 Å². The van der Waals surface area contributed by atoms with Crippen molar-refractivity contribution in [1.29, 1.82) is 0 Å². The Kier molecular flexibility index (Phi) is 6.66. The summed E-state index contributed by atoms with van der Waals surface area (Å²) in [5, 5.41) is 3.84. The smallest absolute Gasteiger partial charge is 0.0110 e. The van der Waals surface area contributed by atoms with Crippen LogP contribution < -0.4 is 5.32 Å². The first kappa shape index (κ1) is 15.3. The summed E-state index contributed by atoms with van der Waals surface area (Å²) in [6.45, 7) is 8.57. The van der Waals surface area contributed by atoms with E-state index in [4.69, 9.17) is 0 Å². The Bertz CT molecular complexity index is 239. The van der Waals surface area contributed by atoms with E-state index in [1.807, 2.05) is 0 Å². The maximum absolute atomic E-state index is 3.84. The summed E-state index contributed by atoms with van der Waals surface area (Å²) in [5.74, 6) is 0.890. The second-order valence-corrected chi connectivity index (χ2v) is 6.80. The molecule has 2 aliphatic rings. The molecule has 112 valence electrons. The van der Waals surface area contributed by atoms with Gasteiger partial charge in [0.2, 0.25) is 0 Å². The number of rotatable bonds is 6. The highest BCUT2D eigenvalue weighted by molar-refractivity contribution is 4.80. The number of hydrogen-bond acceptors (Lipinski definition) is 2. The molecule has 3 unspecified atom stereocenters. The summed E-state index contributed by atoms with van der Waals surface area (Å²) in [7, 11) is 0. The first-order valence-corrected chi connectivity index (χ1v) is 8.78. The predicted octanol–water partition coefficient (Wildman–Crippen LogP) is 3.81. The largest absolute Gasteiger partial charge is 0.312 e. The maximum atomic E-state index is 3.84. The van der Waals surface area contributed by atoms with E-state index in [9.17, 15) is 0 Å². The Morgan fingerprint density at radius 3 is 2.63 bits per heavy atom. The van der Waals surface area contributed by atoms with Gasteiger partial charge in [0.05, 0.1) is 0 Å². The standard InChI is InChI=1S/C17H34N2/c1-3-8-16-10-6-7-13-19(16)14-12-18-17-11-5-4-9-15(17)2/h15-18H,3-14H2,1-2H3. The predicted molar refractivity (Wildman–Crippen MR) is 83.5 cm³/mol. The SMILES string of the molecule is CCCC1CCCCN1CCNC1CCCCC1C. The maximum Gasteiger partial charge on any atom is 0.0110 e. The van der Waals surface area contributed by atoms with Gasteiger partial charge in [0.25, 0.3) is 0 Å². The fraction of sp³-hybridized carbons (Fsp3) is 1.00. The molecule has 19 heavy (non-hydrogen) atoms. The first-order valence-electron chi connectivity index (χ1n) is 8.78. The normalized spacial score (nSPS) is 33.5. The number of nitrogens with zero attached hydrogens (tertiary/aromatic N) is 1. The second-order valence-electron chi connectivity index (χ2n) is 6.80. The van der Waals surface area contributed by atoms with Crippen LogP contribution in [0, 0.1) is 5.92 Å². The van der Waals surface area contributed by atoms with Crippen LogP contribution in [0.5, 0.6) is 0 Å². The van der Waals surface area contributed by atoms with Crippen LogP contribution in [0.25, 0.3) is 0 Å². The first-order chi connectivity index (χ1) is 9.31. The van der Waals surface area contributed by atoms with Crippen LogP contribution in [0.4, 0.5) is 0 Å². The molecule has 0 aromatic rings. The Hall–Kier alpha value is -0.0800. The second kappa shape index (κ2) is 8.26. The van der Waals surface area contributed by atoms with E-state index in [0.717, 1.165) is 18.0 Å². The fourth-order valence-corrected chi connectivity index (χ4v) is 4.03. The van der Waals surface area contributed by atoms with Crippen molar-refractivity contribution < 1.29 is 0 Å². The van der Waals surface area contributed by atoms with Crippen LogP contribution in [-0.4, -0.2) is 36.6 Å². The van der Waals surface area contributed by atoms with Gasteiger partial charge < -0.3 is 5.32 Å². The number of piperidine rings is 1. The molecule has 1 saturated carbocycles. The molecule has 3 atom stereocenters. The van der Waals surface area contributed by atoms with E-state index in [2.05, 4.69) is 24.1 Å². The highest BCUT2D eigenvalue weighted by atomic mass is 15.2. The molecule has 1 N–H and O–H groups in total. The third kappa shape index (κ3) is 4.75. The lowest BCUT2D eigenvalue weighted by Gasteiger charge is -2.37. The van der Waals surface area contributed by atoms with Gasteiger partial charge in [-0.2, -0.15) is 0 Å². The van der Waals surface area contributed by atoms with Crippen molar-refractivity contribution in [3.63, 3.8) is 0 Å². The number of hydrogen-bond donors (Lipinski definition) is 1. The topological polar surface area (TPSA) is 15.3 Å². The van der Waals surface area contributed by atoms with Gasteiger partial charge in [-0.05, 0) is 44.6 Å². The summed E-state index contributed by atoms with van der Waals surface area (Å²) in [6, 6.07) is 1.67. The quantitative estimate of drug-likeness (QED) is 0.786. The molecule has 0 radical (unpaired) electrons. The Balaban J connectivity index is 1.68. The number of likely N-dealkylation sites (tertiary alicyclic amines) is 1. The van der Waals surface area contributed by atoms with Crippen LogP contribution in [0.3, 0.4) is 0 Å². The molecular weight excluding hydrogens is 232 g/mol. The van der Waals surface area contributed by atoms with Gasteiger partial charge in [0, 0.05) is 25.2 Å². The van der Waals surface area contributed by atoms with Crippen LogP contribution in [-0.2, 0) is 0 Å². The van der Waals surface area contributed by atoms with E-state index in [1.54, 1.807) is 0 Å². The van der Waals surface area contributed by atoms with Crippen molar-refractivity contribution in [2.45, 2.75) is 83.7 Å². The van der Waals surface area contributed by atoms with Crippen molar-refractivity contribution in [1.82, 2.24) is 10.2 Å². The van der Waals surface area contributed by atoms with Gasteiger partial charge >= 0.3 is 0 Å². The zero-order valence-corrected chi connectivity index (χ0v) is 13.2. The molecule has 1 aliphatic heterocycles. The van der Waals surface area contributed by atoms with E-state index in [1.165, 1.54) is 77.4 Å². The van der Waals surface area contributed by atoms with E-state index < -0.39 is 0 Å². The average molecular weight is 266 g/mol. The molecule has 1 saturated heterocycles. The minimum atomic E-state index is 0.795. The molecule has 0 aromatic carbocycles. The van der Waals surface area contributed by atoms with Crippen LogP contribution in [0.15, 0.2) is 0 Å². The van der Waals surface area contributed by atoms with E-state index in [0.29, 0.717) is 0 Å². The van der Waals surface area contributed by atoms with Crippen molar-refractivity contribution in [2.75, 3.05) is 19.6 Å². The fourth-order valence-electron chi connectivity index (χ4n) is 4.03. The van der Waals surface area contributed by atoms with Gasteiger partial charge in [0.1, 0.15) is 0 Å². The van der Waals surface area contributed by atoms with Crippen molar-refractivity contribution in [3.8, 4) is 0 Å². The highest BCUT2D eigenvalue weighted by Crippen LogP contribution is 2.24. The molecule has 1 aliphatic carbocycles. The summed E-state index contributed by atoms with van der Waals surface area (Å²) < 4.78 is 0. The lowest BCUT2D eigenvalue weighted by Crippen LogP contribution is -2.46. The van der Waals surface area contributed by atoms with E-state index in [-0.39, 0.29) is 0 Å². The van der Waals surface area contributed by atoms with Gasteiger partial charge in [0.15, 0.2) is 0 Å². The Morgan fingerprint density at radius 2 is 1.84 bits per heavy atom. The van der Waals surface area contributed by atoms with Crippen LogP contribution in [0.2, 0.25) is 0 Å². The molecule has 0 amide bonds. The molecule has 2 fully saturated rings. The van der Waals surface area contributed by atoms with Crippen LogP contribution in [0.1, 0.15) is 71.6 Å². The molecule has 1 heterocycles. The van der Waals surface area contributed by atoms with Gasteiger partial charge in [-0.15, -0.1) is 0 Å². The summed E-state index contributed by atoms with van der Waals surface area (Å²) in [4.78, 5) is 2.76. The third-order valence-electron chi connectivity index (χ3n) is 5.29. The Morgan fingerprint density at radius 1 is 1.05 bits per heavy atom. The van der Waals surface area contributed by atoms with Crippen molar-refractivity contribution >= 4 is 0 Å². The molecule has 0 aromatic heterocycles. The summed E-state index contributed by atoms with van der Waals surface area (Å²) in [6.07, 6.45) is 12.8. The van der Waals surface area contributed by atoms with Gasteiger partial charge in [-0.3, -0.25) is 4.90 Å². The van der Waals surface area contributed by atoms with Crippen LogP contribution >= 0.6 is 0 Å². The molecule has 0 bridgehead atoms. The third-order valence-corrected chi connectivity index (χ3v) is 5.29. The monoisotopic (exact) mass is 266 g/mol. The molecule has 2 nitrogen and oxygen atoms in total. The minimum Gasteiger partial charge on any atom is -0.312 e. The van der Waals surface area contributed by atoms with Crippen molar-refractivity contribution in [2.24, 2.45) is 5.92 Å². The highest BCUT2D eigenvalue weighted by Gasteiger charge is 2.23. The molecular formula is C17H34N2. The zero-order valence-electron chi connectivity index (χ0n) is 13.2. The minimum absolute atomic E-state index is 0.795. The molecule has 2 rings (SSSR count).